The van der Waals surface area contributed by atoms with Gasteiger partial charge in [0.15, 0.2) is 0 Å². The van der Waals surface area contributed by atoms with Gasteiger partial charge in [0, 0.05) is 40.9 Å². The van der Waals surface area contributed by atoms with Gasteiger partial charge in [0.25, 0.3) is 0 Å². The van der Waals surface area contributed by atoms with Crippen LogP contribution >= 0.6 is 0 Å². The summed E-state index contributed by atoms with van der Waals surface area (Å²) in [5, 5.41) is 24.0. The molecule has 2 unspecified atom stereocenters. The normalized spacial score (nSPS) is 14.6. The molecule has 1 heterocycles. The van der Waals surface area contributed by atoms with Crippen molar-refractivity contribution in [1.29, 1.82) is 0 Å². The first-order valence-electron chi connectivity index (χ1n) is 12.6. The van der Waals surface area contributed by atoms with Crippen molar-refractivity contribution in [2.45, 2.75) is 17.9 Å². The van der Waals surface area contributed by atoms with Crippen molar-refractivity contribution in [2.75, 3.05) is 20.6 Å². The van der Waals surface area contributed by atoms with Crippen LogP contribution in [0.3, 0.4) is 0 Å². The molecule has 4 aromatic rings. The summed E-state index contributed by atoms with van der Waals surface area (Å²) in [7, 11) is 3.91. The first-order valence-corrected chi connectivity index (χ1v) is 12.6. The van der Waals surface area contributed by atoms with E-state index < -0.39 is 11.5 Å². The Hall–Kier alpha value is -4.24. The van der Waals surface area contributed by atoms with Crippen LogP contribution < -0.4 is 0 Å². The molecule has 5 heteroatoms. The number of rotatable bonds is 8. The molecule has 0 bridgehead atoms. The largest absolute Gasteiger partial charge is 0.493 e. The zero-order chi connectivity index (χ0) is 26.7. The Bertz CT molecular complexity index is 1570. The molecule has 3 aromatic carbocycles. The number of halogens is 1. The van der Waals surface area contributed by atoms with E-state index >= 15 is 0 Å². The van der Waals surface area contributed by atoms with E-state index in [1.807, 2.05) is 79.7 Å². The fourth-order valence-electron chi connectivity index (χ4n) is 5.14. The van der Waals surface area contributed by atoms with Gasteiger partial charge in [0.1, 0.15) is 11.4 Å². The van der Waals surface area contributed by atoms with E-state index in [0.29, 0.717) is 35.2 Å². The Labute approximate surface area is 222 Å². The highest BCUT2D eigenvalue weighted by atomic mass is 19.1. The summed E-state index contributed by atoms with van der Waals surface area (Å²) >= 11 is 0. The number of nitrogens with zero attached hydrogens (tertiary/aromatic N) is 2. The fraction of sp³-hybridized carbons (Fsp3) is 0.182. The lowest BCUT2D eigenvalue weighted by atomic mass is 9.69. The van der Waals surface area contributed by atoms with Gasteiger partial charge in [-0.2, -0.15) is 0 Å². The molecule has 0 fully saturated rings. The molecule has 1 aromatic heterocycles. The number of hydrogen-bond donors (Lipinski definition) is 2. The summed E-state index contributed by atoms with van der Waals surface area (Å²) in [6.07, 6.45) is 3.64. The standard InChI is InChI=1S/C33H29FN2O2/c1-36(2)20-19-33(38,29-17-10-14-23-11-6-7-15-26(23)29)31(24-12-4-3-5-13-24)28-21-25(22-35-32(28)37)27-16-8-9-18-30(27)34/h3-9,11-16,18,21-22,31,38H,19-20H2,1-2H3,(H,35,37). The Morgan fingerprint density at radius 2 is 1.63 bits per heavy atom. The third kappa shape index (κ3) is 4.84. The molecule has 4 nitrogen and oxygen atoms in total. The maximum Gasteiger partial charge on any atom is 0.214 e. The van der Waals surface area contributed by atoms with Gasteiger partial charge in [0.2, 0.25) is 5.88 Å². The Morgan fingerprint density at radius 3 is 2.37 bits per heavy atom. The van der Waals surface area contributed by atoms with Crippen molar-refractivity contribution in [2.24, 2.45) is 0 Å². The van der Waals surface area contributed by atoms with Crippen molar-refractivity contribution in [1.82, 2.24) is 9.88 Å². The topological polar surface area (TPSA) is 56.6 Å². The second kappa shape index (κ2) is 10.6. The predicted octanol–water partition coefficient (Wildman–Crippen LogP) is 6.27. The summed E-state index contributed by atoms with van der Waals surface area (Å²) in [6, 6.07) is 25.6. The maximum atomic E-state index is 14.8. The van der Waals surface area contributed by atoms with E-state index in [1.165, 1.54) is 12.3 Å². The average Bonchev–Trinajstić information content (AvgIpc) is 2.94. The first-order chi connectivity index (χ1) is 18.4. The van der Waals surface area contributed by atoms with Crippen molar-refractivity contribution in [3.63, 3.8) is 0 Å². The minimum absolute atomic E-state index is 0.216. The number of hydrogen-bond acceptors (Lipinski definition) is 4. The SMILES string of the molecule is CN(C)CCC(O)(C1=C=C=Cc2ccccc21)C(c1ccccc1)c1cc(-c2ccccc2F)cnc1O. The van der Waals surface area contributed by atoms with Crippen LogP contribution in [0.4, 0.5) is 4.39 Å². The minimum atomic E-state index is -1.52. The summed E-state index contributed by atoms with van der Waals surface area (Å²) < 4.78 is 14.8. The van der Waals surface area contributed by atoms with Gasteiger partial charge in [-0.05, 0) is 55.4 Å². The van der Waals surface area contributed by atoms with Crippen LogP contribution in [0.2, 0.25) is 0 Å². The second-order valence-corrected chi connectivity index (χ2v) is 9.81. The Kier molecular flexibility index (Phi) is 7.11. The van der Waals surface area contributed by atoms with Crippen LogP contribution in [0.25, 0.3) is 22.8 Å². The summed E-state index contributed by atoms with van der Waals surface area (Å²) in [5.41, 5.74) is 9.23. The predicted molar refractivity (Wildman–Crippen MR) is 149 cm³/mol. The number of pyridine rings is 1. The summed E-state index contributed by atoms with van der Waals surface area (Å²) in [4.78, 5) is 6.27. The van der Waals surface area contributed by atoms with Gasteiger partial charge in [-0.3, -0.25) is 0 Å². The molecular formula is C33H29FN2O2. The molecule has 1 aliphatic carbocycles. The van der Waals surface area contributed by atoms with Gasteiger partial charge in [-0.25, -0.2) is 9.37 Å². The lowest BCUT2D eigenvalue weighted by Gasteiger charge is -2.39. The Balaban J connectivity index is 1.78. The number of fused-ring (bicyclic) bond motifs is 1. The van der Waals surface area contributed by atoms with Gasteiger partial charge >= 0.3 is 0 Å². The third-order valence-corrected chi connectivity index (χ3v) is 7.03. The van der Waals surface area contributed by atoms with Gasteiger partial charge in [0.05, 0.1) is 0 Å². The van der Waals surface area contributed by atoms with E-state index in [9.17, 15) is 14.6 Å². The molecule has 0 radical (unpaired) electrons. The molecule has 2 N–H and O–H groups in total. The molecule has 190 valence electrons. The number of benzene rings is 3. The van der Waals surface area contributed by atoms with Crippen molar-refractivity contribution >= 4 is 11.6 Å². The lowest BCUT2D eigenvalue weighted by Crippen LogP contribution is -2.41. The molecule has 0 aliphatic heterocycles. The average molecular weight is 505 g/mol. The number of aliphatic hydroxyl groups is 1. The minimum Gasteiger partial charge on any atom is -0.493 e. The highest BCUT2D eigenvalue weighted by Crippen LogP contribution is 2.48. The molecule has 0 spiro atoms. The maximum absolute atomic E-state index is 14.8. The summed E-state index contributed by atoms with van der Waals surface area (Å²) in [5.74, 6) is -1.34. The summed E-state index contributed by atoms with van der Waals surface area (Å²) in [6.45, 7) is 0.568. The second-order valence-electron chi connectivity index (χ2n) is 9.81. The molecule has 38 heavy (non-hydrogen) atoms. The van der Waals surface area contributed by atoms with Crippen LogP contribution in [-0.2, 0) is 0 Å². The third-order valence-electron chi connectivity index (χ3n) is 7.03. The van der Waals surface area contributed by atoms with Crippen LogP contribution in [-0.4, -0.2) is 46.3 Å². The van der Waals surface area contributed by atoms with E-state index in [0.717, 1.165) is 16.7 Å². The molecule has 5 rings (SSSR count). The quantitative estimate of drug-likeness (QED) is 0.278. The van der Waals surface area contributed by atoms with Crippen molar-refractivity contribution in [3.8, 4) is 17.0 Å². The van der Waals surface area contributed by atoms with Crippen LogP contribution in [0.15, 0.2) is 103 Å². The first kappa shape index (κ1) is 25.4. The van der Waals surface area contributed by atoms with Crippen LogP contribution in [0.5, 0.6) is 5.88 Å². The van der Waals surface area contributed by atoms with E-state index in [-0.39, 0.29) is 11.7 Å². The zero-order valence-electron chi connectivity index (χ0n) is 21.4. The van der Waals surface area contributed by atoms with E-state index in [1.54, 1.807) is 24.3 Å². The molecule has 1 aliphatic rings. The van der Waals surface area contributed by atoms with Gasteiger partial charge in [-0.15, -0.1) is 0 Å². The number of aromatic hydroxyl groups is 1. The molecule has 0 saturated carbocycles. The van der Waals surface area contributed by atoms with Gasteiger partial charge < -0.3 is 15.1 Å². The van der Waals surface area contributed by atoms with Crippen LogP contribution in [0.1, 0.15) is 34.6 Å². The fourth-order valence-corrected chi connectivity index (χ4v) is 5.14. The molecule has 0 saturated heterocycles. The smallest absolute Gasteiger partial charge is 0.214 e. The highest BCUT2D eigenvalue weighted by molar-refractivity contribution is 5.82. The van der Waals surface area contributed by atoms with Crippen molar-refractivity contribution < 1.29 is 14.6 Å². The van der Waals surface area contributed by atoms with E-state index in [4.69, 9.17) is 0 Å². The number of aromatic nitrogens is 1. The Morgan fingerprint density at radius 1 is 0.947 bits per heavy atom. The molecular weight excluding hydrogens is 475 g/mol. The van der Waals surface area contributed by atoms with Crippen molar-refractivity contribution in [3.05, 3.63) is 131 Å². The van der Waals surface area contributed by atoms with Gasteiger partial charge in [-0.1, -0.05) is 84.3 Å². The lowest BCUT2D eigenvalue weighted by molar-refractivity contribution is 0.0659. The monoisotopic (exact) mass is 504 g/mol. The zero-order valence-corrected chi connectivity index (χ0v) is 21.4. The highest BCUT2D eigenvalue weighted by Gasteiger charge is 2.45. The van der Waals surface area contributed by atoms with Crippen LogP contribution in [0, 0.1) is 5.82 Å². The molecule has 2 atom stereocenters. The van der Waals surface area contributed by atoms with E-state index in [2.05, 4.69) is 16.4 Å². The molecule has 0 amide bonds.